The van der Waals surface area contributed by atoms with Gasteiger partial charge in [-0.1, -0.05) is 30.3 Å². The molecule has 2 aromatic carbocycles. The minimum atomic E-state index is -3.35. The molecule has 0 saturated carbocycles. The van der Waals surface area contributed by atoms with Crippen LogP contribution < -0.4 is 4.52 Å². The highest BCUT2D eigenvalue weighted by Crippen LogP contribution is 2.50. The second kappa shape index (κ2) is 8.19. The van der Waals surface area contributed by atoms with Crippen LogP contribution >= 0.6 is 7.52 Å². The summed E-state index contributed by atoms with van der Waals surface area (Å²) in [5.41, 5.74) is 0.553. The number of carbonyl (C=O) groups is 1. The van der Waals surface area contributed by atoms with Crippen molar-refractivity contribution in [2.24, 2.45) is 0 Å². The average Bonchev–Trinajstić information content (AvgIpc) is 2.57. The number of phenolic OH excluding ortho intramolecular Hbond substituents is 1. The number of benzene rings is 2. The zero-order chi connectivity index (χ0) is 18.4. The smallest absolute Gasteiger partial charge is 0.328 e. The standard InChI is InChI=1S/C18H22NO5P/c1-4-23-18(21)17(14-10-12-15(20)13-11-14)19(2)25(3,22)24-16-8-6-5-7-9-16/h5-13,17,20H,4H2,1-3H3. The molecule has 0 aliphatic carbocycles. The molecule has 7 heteroatoms. The predicted octanol–water partition coefficient (Wildman–Crippen LogP) is 3.83. The fourth-order valence-electron chi connectivity index (χ4n) is 2.33. The minimum absolute atomic E-state index is 0.0780. The molecule has 0 aliphatic rings. The van der Waals surface area contributed by atoms with E-state index in [1.807, 2.05) is 6.07 Å². The molecular weight excluding hydrogens is 341 g/mol. The summed E-state index contributed by atoms with van der Waals surface area (Å²) in [6, 6.07) is 14.0. The Morgan fingerprint density at radius 1 is 1.16 bits per heavy atom. The maximum atomic E-state index is 13.1. The van der Waals surface area contributed by atoms with Gasteiger partial charge in [-0.15, -0.1) is 0 Å². The van der Waals surface area contributed by atoms with Crippen LogP contribution in [0.2, 0.25) is 0 Å². The maximum Gasteiger partial charge on any atom is 0.328 e. The van der Waals surface area contributed by atoms with Crippen LogP contribution in [-0.4, -0.2) is 36.1 Å². The Morgan fingerprint density at radius 2 is 1.76 bits per heavy atom. The van der Waals surface area contributed by atoms with Gasteiger partial charge in [-0.05, 0) is 43.8 Å². The summed E-state index contributed by atoms with van der Waals surface area (Å²) in [6.07, 6.45) is 0. The zero-order valence-electron chi connectivity index (χ0n) is 14.5. The molecule has 0 amide bonds. The zero-order valence-corrected chi connectivity index (χ0v) is 15.3. The highest BCUT2D eigenvalue weighted by molar-refractivity contribution is 7.56. The van der Waals surface area contributed by atoms with Crippen LogP contribution in [0, 0.1) is 0 Å². The van der Waals surface area contributed by atoms with Gasteiger partial charge in [-0.3, -0.25) is 4.57 Å². The van der Waals surface area contributed by atoms with E-state index < -0.39 is 19.5 Å². The second-order valence-electron chi connectivity index (χ2n) is 5.53. The van der Waals surface area contributed by atoms with Gasteiger partial charge >= 0.3 is 13.5 Å². The Hall–Kier alpha value is -2.30. The van der Waals surface area contributed by atoms with E-state index in [-0.39, 0.29) is 12.4 Å². The largest absolute Gasteiger partial charge is 0.508 e. The fourth-order valence-corrected chi connectivity index (χ4v) is 3.62. The number of carbonyl (C=O) groups excluding carboxylic acids is 1. The molecule has 0 heterocycles. The quantitative estimate of drug-likeness (QED) is 0.595. The van der Waals surface area contributed by atoms with Crippen molar-refractivity contribution in [3.8, 4) is 11.5 Å². The monoisotopic (exact) mass is 363 g/mol. The first-order valence-corrected chi connectivity index (χ1v) is 9.88. The van der Waals surface area contributed by atoms with Gasteiger partial charge in [-0.25, -0.2) is 9.46 Å². The van der Waals surface area contributed by atoms with Crippen molar-refractivity contribution in [3.63, 3.8) is 0 Å². The molecule has 0 saturated heterocycles. The topological polar surface area (TPSA) is 76.1 Å². The molecule has 0 aromatic heterocycles. The van der Waals surface area contributed by atoms with Crippen molar-refractivity contribution in [1.29, 1.82) is 0 Å². The van der Waals surface area contributed by atoms with Gasteiger partial charge in [0.2, 0.25) is 0 Å². The summed E-state index contributed by atoms with van der Waals surface area (Å²) in [6.45, 7) is 3.36. The van der Waals surface area contributed by atoms with E-state index in [1.54, 1.807) is 50.4 Å². The fraction of sp³-hybridized carbons (Fsp3) is 0.278. The van der Waals surface area contributed by atoms with Crippen LogP contribution in [0.3, 0.4) is 0 Å². The molecular formula is C18H22NO5P. The molecule has 0 aliphatic heterocycles. The molecule has 0 bridgehead atoms. The van der Waals surface area contributed by atoms with Crippen molar-refractivity contribution in [2.45, 2.75) is 13.0 Å². The number of hydrogen-bond acceptors (Lipinski definition) is 5. The highest BCUT2D eigenvalue weighted by atomic mass is 31.2. The average molecular weight is 363 g/mol. The van der Waals surface area contributed by atoms with Gasteiger partial charge < -0.3 is 14.4 Å². The van der Waals surface area contributed by atoms with Gasteiger partial charge in [0.05, 0.1) is 6.61 Å². The lowest BCUT2D eigenvalue weighted by atomic mass is 10.1. The number of rotatable bonds is 7. The lowest BCUT2D eigenvalue weighted by Crippen LogP contribution is -2.31. The normalized spacial score (nSPS) is 14.6. The van der Waals surface area contributed by atoms with Gasteiger partial charge in [-0.2, -0.15) is 0 Å². The summed E-state index contributed by atoms with van der Waals surface area (Å²) >= 11 is 0. The molecule has 2 aromatic rings. The first-order chi connectivity index (χ1) is 11.8. The maximum absolute atomic E-state index is 13.1. The summed E-state index contributed by atoms with van der Waals surface area (Å²) < 4.78 is 25.3. The predicted molar refractivity (Wildman–Crippen MR) is 95.8 cm³/mol. The number of aromatic hydroxyl groups is 1. The van der Waals surface area contributed by atoms with Crippen molar-refractivity contribution >= 4 is 13.5 Å². The minimum Gasteiger partial charge on any atom is -0.508 e. The summed E-state index contributed by atoms with van der Waals surface area (Å²) in [7, 11) is -1.79. The number of para-hydroxylation sites is 1. The van der Waals surface area contributed by atoms with Crippen LogP contribution in [0.15, 0.2) is 54.6 Å². The molecule has 134 valence electrons. The number of hydrogen-bond donors (Lipinski definition) is 1. The van der Waals surface area contributed by atoms with Crippen LogP contribution in [-0.2, 0) is 14.1 Å². The number of likely N-dealkylation sites (N-methyl/N-ethyl adjacent to an activating group) is 1. The third-order valence-corrected chi connectivity index (χ3v) is 5.61. The van der Waals surface area contributed by atoms with Crippen LogP contribution in [0.25, 0.3) is 0 Å². The van der Waals surface area contributed by atoms with E-state index in [1.165, 1.54) is 23.5 Å². The molecule has 0 radical (unpaired) electrons. The Balaban J connectivity index is 2.33. The lowest BCUT2D eigenvalue weighted by Gasteiger charge is -2.31. The first kappa shape index (κ1) is 19.0. The summed E-state index contributed by atoms with van der Waals surface area (Å²) in [4.78, 5) is 12.5. The van der Waals surface area contributed by atoms with Crippen molar-refractivity contribution < 1.29 is 23.7 Å². The second-order valence-corrected chi connectivity index (χ2v) is 7.95. The van der Waals surface area contributed by atoms with Gasteiger partial charge in [0.1, 0.15) is 17.5 Å². The molecule has 6 nitrogen and oxygen atoms in total. The van der Waals surface area contributed by atoms with Crippen molar-refractivity contribution in [1.82, 2.24) is 4.67 Å². The van der Waals surface area contributed by atoms with E-state index in [0.717, 1.165) is 0 Å². The van der Waals surface area contributed by atoms with E-state index in [9.17, 15) is 14.5 Å². The van der Waals surface area contributed by atoms with Gasteiger partial charge in [0.25, 0.3) is 0 Å². The van der Waals surface area contributed by atoms with E-state index in [2.05, 4.69) is 0 Å². The Labute approximate surface area is 147 Å². The molecule has 2 atom stereocenters. The van der Waals surface area contributed by atoms with E-state index >= 15 is 0 Å². The third-order valence-electron chi connectivity index (χ3n) is 3.68. The number of ether oxygens (including phenoxy) is 1. The van der Waals surface area contributed by atoms with E-state index in [0.29, 0.717) is 11.3 Å². The number of nitrogens with zero attached hydrogens (tertiary/aromatic N) is 1. The summed E-state index contributed by atoms with van der Waals surface area (Å²) in [5, 5.41) is 9.46. The molecule has 1 N–H and O–H groups in total. The van der Waals surface area contributed by atoms with Gasteiger partial charge in [0.15, 0.2) is 0 Å². The van der Waals surface area contributed by atoms with Crippen LogP contribution in [0.4, 0.5) is 0 Å². The lowest BCUT2D eigenvalue weighted by molar-refractivity contribution is -0.147. The Kier molecular flexibility index (Phi) is 6.23. The molecule has 0 fully saturated rings. The van der Waals surface area contributed by atoms with Crippen LogP contribution in [0.1, 0.15) is 18.5 Å². The van der Waals surface area contributed by atoms with E-state index in [4.69, 9.17) is 9.26 Å². The SMILES string of the molecule is CCOC(=O)C(c1ccc(O)cc1)N(C)P(C)(=O)Oc1ccccc1. The highest BCUT2D eigenvalue weighted by Gasteiger charge is 2.37. The number of phenols is 1. The molecule has 0 spiro atoms. The van der Waals surface area contributed by atoms with Crippen LogP contribution in [0.5, 0.6) is 11.5 Å². The Morgan fingerprint density at radius 3 is 2.32 bits per heavy atom. The summed E-state index contributed by atoms with van der Waals surface area (Å²) in [5.74, 6) is -0.00264. The van der Waals surface area contributed by atoms with Crippen molar-refractivity contribution in [3.05, 3.63) is 60.2 Å². The van der Waals surface area contributed by atoms with Crippen molar-refractivity contribution in [2.75, 3.05) is 20.3 Å². The van der Waals surface area contributed by atoms with Gasteiger partial charge in [0, 0.05) is 6.66 Å². The molecule has 2 rings (SSSR count). The molecule has 25 heavy (non-hydrogen) atoms. The molecule has 2 unspecified atom stereocenters. The Bertz CT molecular complexity index is 748. The third kappa shape index (κ3) is 4.84. The number of esters is 1. The first-order valence-electron chi connectivity index (χ1n) is 7.86.